The molecular formula is C21H27ClN4O2. The number of anilines is 1. The average molecular weight is 403 g/mol. The van der Waals surface area contributed by atoms with Crippen LogP contribution in [0.1, 0.15) is 35.7 Å². The van der Waals surface area contributed by atoms with Crippen LogP contribution in [0.5, 0.6) is 0 Å². The van der Waals surface area contributed by atoms with Gasteiger partial charge in [-0.3, -0.25) is 14.6 Å². The van der Waals surface area contributed by atoms with Gasteiger partial charge in [-0.15, -0.1) is 12.4 Å². The Morgan fingerprint density at radius 1 is 1.18 bits per heavy atom. The highest BCUT2D eigenvalue weighted by atomic mass is 35.5. The van der Waals surface area contributed by atoms with Crippen LogP contribution in [0.4, 0.5) is 5.69 Å². The number of pyridine rings is 1. The summed E-state index contributed by atoms with van der Waals surface area (Å²) in [6.45, 7) is 3.51. The largest absolute Gasteiger partial charge is 0.352 e. The highest BCUT2D eigenvalue weighted by molar-refractivity contribution is 6.05. The fourth-order valence-electron chi connectivity index (χ4n) is 3.35. The summed E-state index contributed by atoms with van der Waals surface area (Å²) in [5.74, 6) is 0.125. The van der Waals surface area contributed by atoms with Crippen molar-refractivity contribution in [1.29, 1.82) is 0 Å². The summed E-state index contributed by atoms with van der Waals surface area (Å²) in [6, 6.07) is 11.5. The molecule has 0 bridgehead atoms. The Hall–Kier alpha value is -2.44. The number of nitrogens with one attached hydrogen (secondary N) is 2. The maximum atomic E-state index is 12.5. The molecule has 0 radical (unpaired) electrons. The van der Waals surface area contributed by atoms with Gasteiger partial charge in [-0.05, 0) is 56.1 Å². The van der Waals surface area contributed by atoms with E-state index in [0.29, 0.717) is 18.2 Å². The fraction of sp³-hybridized carbons (Fsp3) is 0.381. The second-order valence-electron chi connectivity index (χ2n) is 7.06. The second kappa shape index (κ2) is 10.2. The van der Waals surface area contributed by atoms with Crippen LogP contribution < -0.4 is 15.5 Å². The van der Waals surface area contributed by atoms with Crippen molar-refractivity contribution in [3.63, 3.8) is 0 Å². The van der Waals surface area contributed by atoms with Crippen LogP contribution in [0.3, 0.4) is 0 Å². The van der Waals surface area contributed by atoms with E-state index in [0.717, 1.165) is 30.6 Å². The van der Waals surface area contributed by atoms with Crippen LogP contribution in [0.2, 0.25) is 0 Å². The van der Waals surface area contributed by atoms with Crippen molar-refractivity contribution in [2.75, 3.05) is 18.5 Å². The first-order valence-corrected chi connectivity index (χ1v) is 9.32. The third kappa shape index (κ3) is 5.53. The molecule has 1 aliphatic heterocycles. The maximum Gasteiger partial charge on any atom is 0.258 e. The lowest BCUT2D eigenvalue weighted by molar-refractivity contribution is -0.126. The number of piperidine rings is 1. The Bertz CT molecular complexity index is 783. The van der Waals surface area contributed by atoms with Crippen molar-refractivity contribution in [3.8, 4) is 0 Å². The van der Waals surface area contributed by atoms with Gasteiger partial charge < -0.3 is 15.5 Å². The summed E-state index contributed by atoms with van der Waals surface area (Å²) in [4.78, 5) is 30.4. The SMILES string of the molecule is C[C@H]1C[C@@H](C(=O)NCc2ccc(N(C)C(=O)c3ccncc3)cc2)CCN1.Cl. The minimum absolute atomic E-state index is 0. The number of carbonyl (C=O) groups is 2. The van der Waals surface area contributed by atoms with E-state index in [9.17, 15) is 9.59 Å². The highest BCUT2D eigenvalue weighted by Crippen LogP contribution is 2.18. The Labute approximate surface area is 172 Å². The molecule has 1 aromatic heterocycles. The molecule has 2 heterocycles. The lowest BCUT2D eigenvalue weighted by atomic mass is 9.92. The fourth-order valence-corrected chi connectivity index (χ4v) is 3.35. The molecular weight excluding hydrogens is 376 g/mol. The van der Waals surface area contributed by atoms with Gasteiger partial charge in [-0.2, -0.15) is 0 Å². The lowest BCUT2D eigenvalue weighted by Crippen LogP contribution is -2.42. The third-order valence-corrected chi connectivity index (χ3v) is 5.02. The third-order valence-electron chi connectivity index (χ3n) is 5.02. The molecule has 1 aromatic carbocycles. The van der Waals surface area contributed by atoms with Crippen molar-refractivity contribution >= 4 is 29.9 Å². The summed E-state index contributed by atoms with van der Waals surface area (Å²) in [6.07, 6.45) is 4.98. The average Bonchev–Trinajstić information content (AvgIpc) is 2.72. The van der Waals surface area contributed by atoms with Gasteiger partial charge in [-0.1, -0.05) is 12.1 Å². The number of amides is 2. The standard InChI is InChI=1S/C21H26N4O2.ClH/c1-15-13-18(9-12-23-15)20(26)24-14-16-3-5-19(6-4-16)25(2)21(27)17-7-10-22-11-8-17;/h3-8,10-11,15,18,23H,9,12-14H2,1-2H3,(H,24,26);1H/t15-,18-;/m0./s1. The minimum Gasteiger partial charge on any atom is -0.352 e. The summed E-state index contributed by atoms with van der Waals surface area (Å²) in [7, 11) is 1.75. The minimum atomic E-state index is -0.0847. The Balaban J connectivity index is 0.00000280. The highest BCUT2D eigenvalue weighted by Gasteiger charge is 2.24. The molecule has 1 saturated heterocycles. The van der Waals surface area contributed by atoms with E-state index in [4.69, 9.17) is 0 Å². The molecule has 2 amide bonds. The number of rotatable bonds is 5. The number of halogens is 1. The number of hydrogen-bond acceptors (Lipinski definition) is 4. The monoisotopic (exact) mass is 402 g/mol. The number of nitrogens with zero attached hydrogens (tertiary/aromatic N) is 2. The van der Waals surface area contributed by atoms with E-state index in [1.54, 1.807) is 36.5 Å². The summed E-state index contributed by atoms with van der Waals surface area (Å²) in [5.41, 5.74) is 2.41. The first-order valence-electron chi connectivity index (χ1n) is 9.32. The predicted octanol–water partition coefficient (Wildman–Crippen LogP) is 2.78. The molecule has 1 fully saturated rings. The van der Waals surface area contributed by atoms with Crippen molar-refractivity contribution in [3.05, 3.63) is 59.9 Å². The van der Waals surface area contributed by atoms with Crippen LogP contribution >= 0.6 is 12.4 Å². The molecule has 0 aliphatic carbocycles. The van der Waals surface area contributed by atoms with Crippen LogP contribution in [-0.2, 0) is 11.3 Å². The normalized spacial score (nSPS) is 18.6. The molecule has 2 aromatic rings. The zero-order chi connectivity index (χ0) is 19.2. The van der Waals surface area contributed by atoms with Gasteiger partial charge in [0.2, 0.25) is 5.91 Å². The van der Waals surface area contributed by atoms with Crippen molar-refractivity contribution in [2.24, 2.45) is 5.92 Å². The first-order chi connectivity index (χ1) is 13.0. The zero-order valence-electron chi connectivity index (χ0n) is 16.2. The summed E-state index contributed by atoms with van der Waals surface area (Å²) >= 11 is 0. The van der Waals surface area contributed by atoms with Crippen LogP contribution in [0.25, 0.3) is 0 Å². The molecule has 7 heteroatoms. The molecule has 6 nitrogen and oxygen atoms in total. The predicted molar refractivity (Wildman–Crippen MR) is 113 cm³/mol. The molecule has 2 atom stereocenters. The van der Waals surface area contributed by atoms with E-state index < -0.39 is 0 Å². The van der Waals surface area contributed by atoms with Gasteiger partial charge in [0.1, 0.15) is 0 Å². The molecule has 28 heavy (non-hydrogen) atoms. The summed E-state index contributed by atoms with van der Waals surface area (Å²) in [5, 5.41) is 6.39. The van der Waals surface area contributed by atoms with E-state index in [2.05, 4.69) is 22.5 Å². The van der Waals surface area contributed by atoms with Gasteiger partial charge in [0, 0.05) is 49.2 Å². The van der Waals surface area contributed by atoms with Crippen molar-refractivity contribution in [1.82, 2.24) is 15.6 Å². The van der Waals surface area contributed by atoms with E-state index in [1.807, 2.05) is 24.3 Å². The van der Waals surface area contributed by atoms with Crippen LogP contribution in [-0.4, -0.2) is 36.4 Å². The molecule has 150 valence electrons. The number of benzene rings is 1. The molecule has 0 saturated carbocycles. The van der Waals surface area contributed by atoms with Gasteiger partial charge in [0.25, 0.3) is 5.91 Å². The topological polar surface area (TPSA) is 74.3 Å². The Morgan fingerprint density at radius 2 is 1.86 bits per heavy atom. The zero-order valence-corrected chi connectivity index (χ0v) is 17.0. The molecule has 2 N–H and O–H groups in total. The Kier molecular flexibility index (Phi) is 7.96. The van der Waals surface area contributed by atoms with E-state index >= 15 is 0 Å². The van der Waals surface area contributed by atoms with E-state index in [1.165, 1.54) is 0 Å². The van der Waals surface area contributed by atoms with Gasteiger partial charge in [0.15, 0.2) is 0 Å². The maximum absolute atomic E-state index is 12.5. The number of aromatic nitrogens is 1. The molecule has 1 aliphatic rings. The molecule has 3 rings (SSSR count). The van der Waals surface area contributed by atoms with Gasteiger partial charge in [0.05, 0.1) is 0 Å². The molecule has 0 spiro atoms. The first kappa shape index (κ1) is 21.9. The molecule has 0 unspecified atom stereocenters. The van der Waals surface area contributed by atoms with E-state index in [-0.39, 0.29) is 30.1 Å². The van der Waals surface area contributed by atoms with Gasteiger partial charge in [-0.25, -0.2) is 0 Å². The van der Waals surface area contributed by atoms with Crippen LogP contribution in [0, 0.1) is 5.92 Å². The lowest BCUT2D eigenvalue weighted by Gasteiger charge is -2.27. The van der Waals surface area contributed by atoms with Crippen LogP contribution in [0.15, 0.2) is 48.8 Å². The quantitative estimate of drug-likeness (QED) is 0.806. The summed E-state index contributed by atoms with van der Waals surface area (Å²) < 4.78 is 0. The second-order valence-corrected chi connectivity index (χ2v) is 7.06. The number of hydrogen-bond donors (Lipinski definition) is 2. The van der Waals surface area contributed by atoms with Gasteiger partial charge >= 0.3 is 0 Å². The number of carbonyl (C=O) groups excluding carboxylic acids is 2. The Morgan fingerprint density at radius 3 is 2.50 bits per heavy atom. The van der Waals surface area contributed by atoms with Crippen molar-refractivity contribution in [2.45, 2.75) is 32.4 Å². The van der Waals surface area contributed by atoms with Crippen molar-refractivity contribution < 1.29 is 9.59 Å². The smallest absolute Gasteiger partial charge is 0.258 e.